The molecule has 0 spiro atoms. The number of anilines is 5. The minimum Gasteiger partial charge on any atom is -0.493 e. The number of methoxy groups -OCH3 is 3. The summed E-state index contributed by atoms with van der Waals surface area (Å²) in [6.07, 6.45) is 2.03. The lowest BCUT2D eigenvalue weighted by atomic mass is 10.1. The van der Waals surface area contributed by atoms with Crippen molar-refractivity contribution in [3.05, 3.63) is 124 Å². The van der Waals surface area contributed by atoms with Gasteiger partial charge in [-0.05, 0) is 111 Å². The second-order valence-electron chi connectivity index (χ2n) is 21.0. The number of nitrogens with zero attached hydrogens (tertiary/aromatic N) is 4. The second kappa shape index (κ2) is 26.4. The molecule has 0 radical (unpaired) electrons. The van der Waals surface area contributed by atoms with E-state index in [1.807, 2.05) is 66.4 Å². The molecule has 0 bridgehead atoms. The molecule has 4 heterocycles. The summed E-state index contributed by atoms with van der Waals surface area (Å²) in [6.45, 7) is 10.1. The maximum absolute atomic E-state index is 14.3. The average molecular weight is 1130 g/mol. The van der Waals surface area contributed by atoms with Gasteiger partial charge in [-0.2, -0.15) is 11.8 Å². The van der Waals surface area contributed by atoms with Crippen LogP contribution < -0.4 is 44.7 Å². The van der Waals surface area contributed by atoms with Crippen LogP contribution in [0.2, 0.25) is 0 Å². The fourth-order valence-corrected chi connectivity index (χ4v) is 11.8. The number of hydrogen-bond donors (Lipinski definition) is 2. The van der Waals surface area contributed by atoms with Crippen molar-refractivity contribution in [1.29, 1.82) is 0 Å². The Kier molecular flexibility index (Phi) is 18.9. The van der Waals surface area contributed by atoms with Crippen LogP contribution in [0.15, 0.2) is 91.0 Å². The van der Waals surface area contributed by atoms with Crippen LogP contribution in [0.5, 0.6) is 23.0 Å². The predicted octanol–water partition coefficient (Wildman–Crippen LogP) is 8.42. The van der Waals surface area contributed by atoms with Crippen LogP contribution in [0, 0.1) is 0 Å². The Labute approximate surface area is 477 Å². The predicted molar refractivity (Wildman–Crippen MR) is 310 cm³/mol. The van der Waals surface area contributed by atoms with Gasteiger partial charge in [0, 0.05) is 91.7 Å². The first-order chi connectivity index (χ1) is 39.1. The molecule has 5 aromatic carbocycles. The molecule has 19 nitrogen and oxygen atoms in total. The first kappa shape index (κ1) is 58.1. The molecule has 4 aliphatic rings. The van der Waals surface area contributed by atoms with Gasteiger partial charge in [0.15, 0.2) is 23.0 Å². The number of nitrogen functional groups attached to an aromatic ring is 1. The van der Waals surface area contributed by atoms with Gasteiger partial charge >= 0.3 is 5.97 Å². The number of hydroxylamine groups is 2. The lowest BCUT2D eigenvalue weighted by Gasteiger charge is -2.34. The number of ether oxygens (including phenoxy) is 7. The van der Waals surface area contributed by atoms with Crippen molar-refractivity contribution in [2.24, 2.45) is 0 Å². The van der Waals surface area contributed by atoms with E-state index in [1.54, 1.807) is 49.1 Å². The fraction of sp³-hybridized carbons (Fsp3) is 0.426. The number of benzene rings is 5. The van der Waals surface area contributed by atoms with E-state index in [4.69, 9.17) is 43.7 Å². The average Bonchev–Trinajstić information content (AvgIpc) is 4.11. The fourth-order valence-electron chi connectivity index (χ4n) is 10.7. The third-order valence-electron chi connectivity index (χ3n) is 14.6. The number of rotatable bonds is 27. The first-order valence-electron chi connectivity index (χ1n) is 27.4. The minimum atomic E-state index is -0.636. The number of amides is 4. The number of carbonyl (C=O) groups is 5. The van der Waals surface area contributed by atoms with Crippen LogP contribution in [0.25, 0.3) is 0 Å². The SMILES string of the molecule is COCCOCCOCCN(CC(C)(C)SCCCC(=O)ON1C(=O)CCC1=O)c1cc(COc2cc(N)c(C(=O)N3c4ccccc4C[C@H]3C)cc2OC)cc(COc2cc3c(cc2OC)C(=O)N2c4ccccc4C[C@H]2CN3)c1. The number of para-hydroxylation sites is 2. The number of carbonyl (C=O) groups excluding carboxylic acids is 5. The number of imide groups is 1. The van der Waals surface area contributed by atoms with E-state index in [1.165, 1.54) is 7.11 Å². The summed E-state index contributed by atoms with van der Waals surface area (Å²) in [4.78, 5) is 76.3. The van der Waals surface area contributed by atoms with E-state index in [2.05, 4.69) is 42.3 Å². The van der Waals surface area contributed by atoms with Crippen LogP contribution in [0.4, 0.5) is 28.4 Å². The molecular weight excluding hydrogens is 1060 g/mol. The Morgan fingerprint density at radius 3 is 2.07 bits per heavy atom. The summed E-state index contributed by atoms with van der Waals surface area (Å²) in [5.41, 5.74) is 14.8. The highest BCUT2D eigenvalue weighted by atomic mass is 32.2. The third kappa shape index (κ3) is 13.8. The van der Waals surface area contributed by atoms with E-state index in [9.17, 15) is 24.0 Å². The summed E-state index contributed by atoms with van der Waals surface area (Å²) in [5, 5.41) is 4.10. The Balaban J connectivity index is 0.979. The van der Waals surface area contributed by atoms with Crippen molar-refractivity contribution in [3.63, 3.8) is 0 Å². The molecule has 0 saturated carbocycles. The maximum Gasteiger partial charge on any atom is 0.333 e. The molecule has 81 heavy (non-hydrogen) atoms. The molecule has 3 N–H and O–H groups in total. The van der Waals surface area contributed by atoms with Gasteiger partial charge in [-0.3, -0.25) is 19.2 Å². The number of nitrogens with one attached hydrogen (secondary N) is 1. The van der Waals surface area contributed by atoms with Crippen molar-refractivity contribution in [2.75, 3.05) is 106 Å². The highest BCUT2D eigenvalue weighted by molar-refractivity contribution is 8.00. The van der Waals surface area contributed by atoms with Crippen molar-refractivity contribution in [3.8, 4) is 23.0 Å². The number of nitrogens with two attached hydrogens (primary N) is 1. The zero-order chi connectivity index (χ0) is 57.2. The molecule has 0 aliphatic carbocycles. The van der Waals surface area contributed by atoms with Crippen LogP contribution in [-0.2, 0) is 59.5 Å². The van der Waals surface area contributed by atoms with Crippen LogP contribution in [0.1, 0.15) is 89.4 Å². The quantitative estimate of drug-likeness (QED) is 0.0287. The van der Waals surface area contributed by atoms with E-state index >= 15 is 0 Å². The Morgan fingerprint density at radius 1 is 0.753 bits per heavy atom. The van der Waals surface area contributed by atoms with E-state index in [0.717, 1.165) is 52.2 Å². The monoisotopic (exact) mass is 1130 g/mol. The van der Waals surface area contributed by atoms with E-state index in [0.29, 0.717) is 110 Å². The maximum atomic E-state index is 14.3. The topological polar surface area (TPSA) is 210 Å². The summed E-state index contributed by atoms with van der Waals surface area (Å²) in [6, 6.07) is 28.7. The molecule has 20 heteroatoms. The standard InChI is InChI=1S/C61H72N6O13S/c1-39-26-42-12-7-9-14-50(42)65(39)59(71)46-31-52(74-5)54(33-48(46)62)78-36-40-27-41(37-79-55-34-49-47(32-53(55)75-6)60(72)66-45(35-63-49)30-43-13-8-10-15-51(43)66)29-44(28-40)64(19-20-76-23-24-77-22-21-73-4)38-61(2,3)81-25-11-16-58(70)80-67-56(68)17-18-57(67)69/h7-10,12-15,27-29,31-34,39,45,63H,11,16-26,30,35-38,62H2,1-6H3/t39-,45+/m1/s1. The van der Waals surface area contributed by atoms with Crippen LogP contribution in [0.3, 0.4) is 0 Å². The smallest absolute Gasteiger partial charge is 0.333 e. The molecule has 1 saturated heterocycles. The van der Waals surface area contributed by atoms with Crippen molar-refractivity contribution >= 4 is 69.8 Å². The zero-order valence-corrected chi connectivity index (χ0v) is 47.7. The van der Waals surface area contributed by atoms with Gasteiger partial charge < -0.3 is 63.7 Å². The highest BCUT2D eigenvalue weighted by Crippen LogP contribution is 2.42. The lowest BCUT2D eigenvalue weighted by Crippen LogP contribution is -2.39. The van der Waals surface area contributed by atoms with Crippen LogP contribution in [-0.4, -0.2) is 131 Å². The highest BCUT2D eigenvalue weighted by Gasteiger charge is 2.39. The van der Waals surface area contributed by atoms with Crippen molar-refractivity contribution in [1.82, 2.24) is 5.06 Å². The Hall–Kier alpha value is -7.52. The van der Waals surface area contributed by atoms with Gasteiger partial charge in [0.1, 0.15) is 13.2 Å². The summed E-state index contributed by atoms with van der Waals surface area (Å²) < 4.78 is 41.5. The summed E-state index contributed by atoms with van der Waals surface area (Å²) in [5.74, 6) is 0.123. The van der Waals surface area contributed by atoms with Crippen molar-refractivity contribution in [2.45, 2.75) is 89.3 Å². The number of fused-ring (bicyclic) bond motifs is 5. The van der Waals surface area contributed by atoms with Gasteiger partial charge in [-0.25, -0.2) is 4.79 Å². The lowest BCUT2D eigenvalue weighted by molar-refractivity contribution is -0.197. The van der Waals surface area contributed by atoms with Gasteiger partial charge in [0.2, 0.25) is 0 Å². The molecule has 4 amide bonds. The molecule has 2 atom stereocenters. The van der Waals surface area contributed by atoms with Gasteiger partial charge in [-0.15, -0.1) is 5.06 Å². The van der Waals surface area contributed by atoms with Gasteiger partial charge in [0.25, 0.3) is 23.6 Å². The first-order valence-corrected chi connectivity index (χ1v) is 28.4. The van der Waals surface area contributed by atoms with Gasteiger partial charge in [0.05, 0.1) is 70.1 Å². The molecule has 9 rings (SSSR count). The molecule has 5 aromatic rings. The normalized spacial score (nSPS) is 16.3. The molecule has 1 fully saturated rings. The molecular formula is C61H72N6O13S. The largest absolute Gasteiger partial charge is 0.493 e. The molecule has 430 valence electrons. The molecule has 0 aromatic heterocycles. The van der Waals surface area contributed by atoms with Crippen LogP contribution >= 0.6 is 11.8 Å². The summed E-state index contributed by atoms with van der Waals surface area (Å²) >= 11 is 1.68. The van der Waals surface area contributed by atoms with E-state index in [-0.39, 0.29) is 66.8 Å². The summed E-state index contributed by atoms with van der Waals surface area (Å²) in [7, 11) is 4.70. The minimum absolute atomic E-state index is 0.0280. The molecule has 4 aliphatic heterocycles. The number of hydrogen-bond acceptors (Lipinski definition) is 17. The van der Waals surface area contributed by atoms with E-state index < -0.39 is 17.8 Å². The zero-order valence-electron chi connectivity index (χ0n) is 46.9. The Morgan fingerprint density at radius 2 is 1.38 bits per heavy atom. The van der Waals surface area contributed by atoms with Crippen molar-refractivity contribution < 1.29 is 62.0 Å². The van der Waals surface area contributed by atoms with Gasteiger partial charge in [-0.1, -0.05) is 36.4 Å². The molecule has 0 unspecified atom stereocenters. The third-order valence-corrected chi connectivity index (χ3v) is 16.0. The Bertz CT molecular complexity index is 3100. The number of thioether (sulfide) groups is 1. The second-order valence-corrected chi connectivity index (χ2v) is 22.8.